The molecule has 0 radical (unpaired) electrons. The maximum atomic E-state index is 11.5. The van der Waals surface area contributed by atoms with E-state index in [2.05, 4.69) is 13.8 Å². The SMILES string of the molecule is CC(=O)O[C@H]1CCC2C3C(O)CC4=C[C@@H](O)OC[C@]4(C)C3CC[C@@]21C. The summed E-state index contributed by atoms with van der Waals surface area (Å²) in [5.74, 6) is 0.727. The van der Waals surface area contributed by atoms with Gasteiger partial charge in [0, 0.05) is 17.8 Å². The number of carbonyl (C=O) groups is 1. The van der Waals surface area contributed by atoms with Crippen LogP contribution in [0.25, 0.3) is 0 Å². The van der Waals surface area contributed by atoms with Crippen molar-refractivity contribution >= 4 is 5.97 Å². The number of carbonyl (C=O) groups excluding carboxylic acids is 1. The minimum atomic E-state index is -0.847. The summed E-state index contributed by atoms with van der Waals surface area (Å²) in [6.45, 7) is 6.48. The molecule has 0 aromatic carbocycles. The van der Waals surface area contributed by atoms with Crippen molar-refractivity contribution in [3.63, 3.8) is 0 Å². The number of esters is 1. The van der Waals surface area contributed by atoms with Crippen LogP contribution >= 0.6 is 0 Å². The Labute approximate surface area is 149 Å². The molecule has 2 N–H and O–H groups in total. The van der Waals surface area contributed by atoms with Gasteiger partial charge in [0.25, 0.3) is 0 Å². The fraction of sp³-hybridized carbons (Fsp3) is 0.850. The van der Waals surface area contributed by atoms with Crippen molar-refractivity contribution in [1.82, 2.24) is 0 Å². The lowest BCUT2D eigenvalue weighted by molar-refractivity contribution is -0.173. The van der Waals surface area contributed by atoms with Crippen molar-refractivity contribution in [3.8, 4) is 0 Å². The van der Waals surface area contributed by atoms with E-state index in [0.29, 0.717) is 24.9 Å². The number of aliphatic hydroxyl groups excluding tert-OH is 2. The number of aliphatic hydroxyl groups is 2. The molecule has 1 heterocycles. The number of ether oxygens (including phenoxy) is 2. The Morgan fingerprint density at radius 2 is 2.00 bits per heavy atom. The molecule has 5 heteroatoms. The summed E-state index contributed by atoms with van der Waals surface area (Å²) in [6.07, 6.45) is 5.05. The zero-order valence-electron chi connectivity index (χ0n) is 15.4. The average Bonchev–Trinajstić information content (AvgIpc) is 2.85. The Kier molecular flexibility index (Phi) is 4.06. The molecule has 4 aliphatic rings. The number of hydrogen-bond acceptors (Lipinski definition) is 5. The van der Waals surface area contributed by atoms with Gasteiger partial charge in [-0.2, -0.15) is 0 Å². The summed E-state index contributed by atoms with van der Waals surface area (Å²) in [6, 6.07) is 0. The van der Waals surface area contributed by atoms with E-state index in [1.54, 1.807) is 6.08 Å². The highest BCUT2D eigenvalue weighted by molar-refractivity contribution is 5.66. The predicted octanol–water partition coefficient (Wildman–Crippen LogP) is 2.41. The topological polar surface area (TPSA) is 76.0 Å². The van der Waals surface area contributed by atoms with Crippen LogP contribution in [0, 0.1) is 28.6 Å². The molecule has 0 saturated heterocycles. The summed E-state index contributed by atoms with van der Waals surface area (Å²) in [7, 11) is 0. The van der Waals surface area contributed by atoms with Crippen LogP contribution in [0.4, 0.5) is 0 Å². The lowest BCUT2D eigenvalue weighted by Crippen LogP contribution is -2.57. The van der Waals surface area contributed by atoms with E-state index in [0.717, 1.165) is 31.3 Å². The molecule has 0 spiro atoms. The molecule has 0 amide bonds. The number of hydrogen-bond donors (Lipinski definition) is 2. The Bertz CT molecular complexity index is 601. The van der Waals surface area contributed by atoms with E-state index in [-0.39, 0.29) is 28.8 Å². The van der Waals surface area contributed by atoms with Crippen molar-refractivity contribution < 1.29 is 24.5 Å². The van der Waals surface area contributed by atoms with Crippen molar-refractivity contribution in [2.75, 3.05) is 6.61 Å². The first-order valence-corrected chi connectivity index (χ1v) is 9.62. The van der Waals surface area contributed by atoms with Gasteiger partial charge >= 0.3 is 5.97 Å². The van der Waals surface area contributed by atoms with E-state index < -0.39 is 12.4 Å². The van der Waals surface area contributed by atoms with E-state index >= 15 is 0 Å². The van der Waals surface area contributed by atoms with Gasteiger partial charge < -0.3 is 19.7 Å². The summed E-state index contributed by atoms with van der Waals surface area (Å²) in [4.78, 5) is 11.5. The van der Waals surface area contributed by atoms with E-state index in [1.807, 2.05) is 0 Å². The van der Waals surface area contributed by atoms with Crippen molar-refractivity contribution in [3.05, 3.63) is 11.6 Å². The fourth-order valence-corrected chi connectivity index (χ4v) is 6.59. The lowest BCUT2D eigenvalue weighted by Gasteiger charge is -2.59. The highest BCUT2D eigenvalue weighted by Crippen LogP contribution is 2.64. The quantitative estimate of drug-likeness (QED) is 0.561. The smallest absolute Gasteiger partial charge is 0.302 e. The first-order chi connectivity index (χ1) is 11.8. The molecule has 0 aromatic heterocycles. The molecule has 4 rings (SSSR count). The summed E-state index contributed by atoms with van der Waals surface area (Å²) in [5, 5.41) is 20.8. The third kappa shape index (κ3) is 2.50. The van der Waals surface area contributed by atoms with E-state index in [9.17, 15) is 15.0 Å². The van der Waals surface area contributed by atoms with Crippen LogP contribution in [0.3, 0.4) is 0 Å². The molecule has 3 saturated carbocycles. The summed E-state index contributed by atoms with van der Waals surface area (Å²) < 4.78 is 11.2. The second-order valence-electron chi connectivity index (χ2n) is 9.09. The Morgan fingerprint density at radius 1 is 1.24 bits per heavy atom. The monoisotopic (exact) mass is 350 g/mol. The Hall–Kier alpha value is -0.910. The molecule has 25 heavy (non-hydrogen) atoms. The first-order valence-electron chi connectivity index (χ1n) is 9.62. The third-order valence-corrected chi connectivity index (χ3v) is 7.88. The molecule has 140 valence electrons. The van der Waals surface area contributed by atoms with Crippen LogP contribution in [0.2, 0.25) is 0 Å². The second-order valence-corrected chi connectivity index (χ2v) is 9.09. The molecule has 0 bridgehead atoms. The minimum Gasteiger partial charge on any atom is -0.462 e. The van der Waals surface area contributed by atoms with Gasteiger partial charge in [0.05, 0.1) is 12.7 Å². The van der Waals surface area contributed by atoms with Crippen LogP contribution in [0.15, 0.2) is 11.6 Å². The third-order valence-electron chi connectivity index (χ3n) is 7.88. The van der Waals surface area contributed by atoms with Gasteiger partial charge in [0.15, 0.2) is 6.29 Å². The normalized spacial score (nSPS) is 51.8. The molecule has 1 aliphatic heterocycles. The second kappa shape index (κ2) is 5.80. The Morgan fingerprint density at radius 3 is 2.72 bits per heavy atom. The van der Waals surface area contributed by atoms with Crippen LogP contribution < -0.4 is 0 Å². The lowest BCUT2D eigenvalue weighted by atomic mass is 9.48. The fourth-order valence-electron chi connectivity index (χ4n) is 6.59. The highest BCUT2D eigenvalue weighted by Gasteiger charge is 2.62. The molecule has 4 unspecified atom stereocenters. The Balaban J connectivity index is 1.66. The van der Waals surface area contributed by atoms with Crippen molar-refractivity contribution in [2.24, 2.45) is 28.6 Å². The number of fused-ring (bicyclic) bond motifs is 5. The minimum absolute atomic E-state index is 0.0303. The van der Waals surface area contributed by atoms with Gasteiger partial charge in [0.1, 0.15) is 6.10 Å². The maximum Gasteiger partial charge on any atom is 0.302 e. The molecule has 5 nitrogen and oxygen atoms in total. The zero-order valence-corrected chi connectivity index (χ0v) is 15.4. The molecule has 3 aliphatic carbocycles. The molecular weight excluding hydrogens is 320 g/mol. The van der Waals surface area contributed by atoms with Crippen LogP contribution in [-0.2, 0) is 14.3 Å². The summed E-state index contributed by atoms with van der Waals surface area (Å²) >= 11 is 0. The van der Waals surface area contributed by atoms with Gasteiger partial charge in [-0.1, -0.05) is 19.4 Å². The number of rotatable bonds is 1. The van der Waals surface area contributed by atoms with Crippen LogP contribution in [0.5, 0.6) is 0 Å². The maximum absolute atomic E-state index is 11.5. The van der Waals surface area contributed by atoms with Gasteiger partial charge in [0.2, 0.25) is 0 Å². The predicted molar refractivity (Wildman–Crippen MR) is 91.4 cm³/mol. The van der Waals surface area contributed by atoms with Gasteiger partial charge in [-0.05, 0) is 55.9 Å². The highest BCUT2D eigenvalue weighted by atomic mass is 16.6. The molecule has 0 aromatic rings. The van der Waals surface area contributed by atoms with Crippen molar-refractivity contribution in [1.29, 1.82) is 0 Å². The first kappa shape index (κ1) is 17.5. The van der Waals surface area contributed by atoms with Gasteiger partial charge in [-0.25, -0.2) is 0 Å². The van der Waals surface area contributed by atoms with Crippen molar-refractivity contribution in [2.45, 2.75) is 71.4 Å². The van der Waals surface area contributed by atoms with Gasteiger partial charge in [-0.3, -0.25) is 4.79 Å². The van der Waals surface area contributed by atoms with E-state index in [4.69, 9.17) is 9.47 Å². The summed E-state index contributed by atoms with van der Waals surface area (Å²) in [5.41, 5.74) is 1.00. The van der Waals surface area contributed by atoms with Gasteiger partial charge in [-0.15, -0.1) is 0 Å². The van der Waals surface area contributed by atoms with Crippen LogP contribution in [-0.4, -0.2) is 41.3 Å². The average molecular weight is 350 g/mol. The molecule has 8 atom stereocenters. The largest absolute Gasteiger partial charge is 0.462 e. The zero-order chi connectivity index (χ0) is 18.0. The molecular formula is C20H30O5. The standard InChI is InChI=1S/C20H30O5/c1-11(21)25-16-5-4-13-18-14(6-7-19(13,16)2)20(3)10-24-17(23)9-12(20)8-15(18)22/h9,13-18,22-23H,4-8,10H2,1-3H3/t13?,14?,15?,16-,17-,18?,19-,20-/m0/s1. The van der Waals surface area contributed by atoms with E-state index in [1.165, 1.54) is 6.92 Å². The molecule has 3 fully saturated rings. The van der Waals surface area contributed by atoms with Crippen LogP contribution in [0.1, 0.15) is 52.9 Å².